The Hall–Kier alpha value is -3.76. The molecule has 39 heavy (non-hydrogen) atoms. The Morgan fingerprint density at radius 1 is 1.05 bits per heavy atom. The molecule has 6 rings (SSSR count). The van der Waals surface area contributed by atoms with Crippen LogP contribution in [0, 0.1) is 6.92 Å². The minimum atomic E-state index is -3.71. The summed E-state index contributed by atoms with van der Waals surface area (Å²) >= 11 is 0. The SMILES string of the molecule is Cc1ccc(NC(=O)C2(c3ccc4c(c3)OC(F)(F)O4)CC2)nc1-c1ccc(OCC2COC(C)(C)O2)cc1. The van der Waals surface area contributed by atoms with E-state index in [0.29, 0.717) is 43.2 Å². The Morgan fingerprint density at radius 2 is 1.79 bits per heavy atom. The molecular weight excluding hydrogens is 510 g/mol. The van der Waals surface area contributed by atoms with Crippen LogP contribution < -0.4 is 19.5 Å². The lowest BCUT2D eigenvalue weighted by Crippen LogP contribution is -2.28. The van der Waals surface area contributed by atoms with Crippen LogP contribution in [0.25, 0.3) is 11.3 Å². The Balaban J connectivity index is 1.14. The van der Waals surface area contributed by atoms with Crippen molar-refractivity contribution in [2.75, 3.05) is 18.5 Å². The number of hydrogen-bond acceptors (Lipinski definition) is 7. The van der Waals surface area contributed by atoms with Crippen LogP contribution in [0.2, 0.25) is 0 Å². The van der Waals surface area contributed by atoms with Crippen LogP contribution in [0.4, 0.5) is 14.6 Å². The molecule has 0 bridgehead atoms. The van der Waals surface area contributed by atoms with Crippen LogP contribution in [0.15, 0.2) is 54.6 Å². The number of hydrogen-bond donors (Lipinski definition) is 1. The van der Waals surface area contributed by atoms with Gasteiger partial charge < -0.3 is 29.0 Å². The van der Waals surface area contributed by atoms with Crippen LogP contribution in [0.3, 0.4) is 0 Å². The third-order valence-electron chi connectivity index (χ3n) is 7.11. The second-order valence-electron chi connectivity index (χ2n) is 10.5. The first-order valence-corrected chi connectivity index (χ1v) is 12.8. The number of ether oxygens (including phenoxy) is 5. The summed E-state index contributed by atoms with van der Waals surface area (Å²) in [6, 6.07) is 15.7. The van der Waals surface area contributed by atoms with E-state index in [9.17, 15) is 13.6 Å². The topological polar surface area (TPSA) is 88.1 Å². The van der Waals surface area contributed by atoms with Crippen molar-refractivity contribution in [3.8, 4) is 28.5 Å². The summed E-state index contributed by atoms with van der Waals surface area (Å²) in [6.45, 7) is 6.56. The minimum absolute atomic E-state index is 0.0499. The second-order valence-corrected chi connectivity index (χ2v) is 10.5. The molecule has 10 heteroatoms. The third-order valence-corrected chi connectivity index (χ3v) is 7.11. The van der Waals surface area contributed by atoms with E-state index >= 15 is 0 Å². The van der Waals surface area contributed by atoms with Crippen molar-refractivity contribution in [2.24, 2.45) is 0 Å². The van der Waals surface area contributed by atoms with Crippen molar-refractivity contribution in [3.05, 3.63) is 65.7 Å². The van der Waals surface area contributed by atoms with E-state index in [1.165, 1.54) is 12.1 Å². The van der Waals surface area contributed by atoms with Gasteiger partial charge in [-0.2, -0.15) is 0 Å². The highest BCUT2D eigenvalue weighted by Crippen LogP contribution is 2.52. The predicted octanol–water partition coefficient (Wildman–Crippen LogP) is 5.58. The smallest absolute Gasteiger partial charge is 0.491 e. The molecule has 8 nitrogen and oxygen atoms in total. The van der Waals surface area contributed by atoms with Gasteiger partial charge in [0.05, 0.1) is 17.7 Å². The zero-order chi connectivity index (χ0) is 27.4. The Morgan fingerprint density at radius 3 is 2.49 bits per heavy atom. The van der Waals surface area contributed by atoms with Crippen LogP contribution in [0.5, 0.6) is 17.2 Å². The summed E-state index contributed by atoms with van der Waals surface area (Å²) in [7, 11) is 0. The van der Waals surface area contributed by atoms with Crippen molar-refractivity contribution in [2.45, 2.75) is 57.2 Å². The van der Waals surface area contributed by atoms with Gasteiger partial charge in [-0.1, -0.05) is 12.1 Å². The molecule has 2 aliphatic heterocycles. The van der Waals surface area contributed by atoms with E-state index in [1.807, 2.05) is 51.1 Å². The van der Waals surface area contributed by atoms with Crippen LogP contribution in [-0.4, -0.2) is 42.3 Å². The number of rotatable bonds is 7. The summed E-state index contributed by atoms with van der Waals surface area (Å²) in [4.78, 5) is 18.0. The van der Waals surface area contributed by atoms with Crippen LogP contribution in [-0.2, 0) is 19.7 Å². The minimum Gasteiger partial charge on any atom is -0.491 e. The molecule has 1 amide bonds. The van der Waals surface area contributed by atoms with Crippen molar-refractivity contribution in [1.29, 1.82) is 0 Å². The molecule has 1 aromatic heterocycles. The van der Waals surface area contributed by atoms with Gasteiger partial charge in [0.1, 0.15) is 24.3 Å². The van der Waals surface area contributed by atoms with E-state index in [1.54, 1.807) is 12.1 Å². The number of nitrogens with one attached hydrogen (secondary N) is 1. The normalized spacial score (nSPS) is 21.4. The fourth-order valence-corrected chi connectivity index (χ4v) is 4.89. The number of carbonyl (C=O) groups is 1. The molecule has 1 atom stereocenters. The van der Waals surface area contributed by atoms with E-state index in [0.717, 1.165) is 16.8 Å². The van der Waals surface area contributed by atoms with Crippen LogP contribution in [0.1, 0.15) is 37.8 Å². The molecule has 2 aromatic carbocycles. The molecule has 1 saturated carbocycles. The Bertz CT molecular complexity index is 1420. The van der Waals surface area contributed by atoms with Crippen molar-refractivity contribution in [3.63, 3.8) is 0 Å². The zero-order valence-corrected chi connectivity index (χ0v) is 21.8. The highest BCUT2D eigenvalue weighted by atomic mass is 19.3. The Labute approximate surface area is 224 Å². The molecule has 3 aliphatic rings. The number of alkyl halides is 2. The van der Waals surface area contributed by atoms with Crippen LogP contribution >= 0.6 is 0 Å². The monoisotopic (exact) mass is 538 g/mol. The second kappa shape index (κ2) is 9.17. The fraction of sp³-hybridized carbons (Fsp3) is 0.379. The number of halogens is 2. The number of pyridine rings is 1. The number of benzene rings is 2. The first kappa shape index (κ1) is 25.5. The molecule has 1 aliphatic carbocycles. The van der Waals surface area contributed by atoms with Gasteiger partial charge in [-0.3, -0.25) is 4.79 Å². The number of carbonyl (C=O) groups excluding carboxylic acids is 1. The summed E-state index contributed by atoms with van der Waals surface area (Å²) in [5, 5.41) is 2.91. The maximum absolute atomic E-state index is 13.4. The average molecular weight is 539 g/mol. The molecule has 0 spiro atoms. The first-order valence-electron chi connectivity index (χ1n) is 12.8. The van der Waals surface area contributed by atoms with E-state index in [2.05, 4.69) is 14.8 Å². The largest absolute Gasteiger partial charge is 0.586 e. The number of aromatic nitrogens is 1. The Kier molecular flexibility index (Phi) is 6.00. The van der Waals surface area contributed by atoms with Gasteiger partial charge in [0.25, 0.3) is 0 Å². The lowest BCUT2D eigenvalue weighted by molar-refractivity contribution is -0.286. The number of amides is 1. The maximum atomic E-state index is 13.4. The highest BCUT2D eigenvalue weighted by Gasteiger charge is 2.53. The predicted molar refractivity (Wildman–Crippen MR) is 137 cm³/mol. The van der Waals surface area contributed by atoms with Crippen molar-refractivity contribution >= 4 is 11.7 Å². The molecule has 1 saturated heterocycles. The molecule has 1 unspecified atom stereocenters. The standard InChI is InChI=1S/C29H28F2N2O6/c1-17-4-11-24(32-25(17)18-5-8-20(9-6-18)35-15-21-16-36-27(2,3)37-21)33-26(34)28(12-13-28)19-7-10-22-23(14-19)39-29(30,31)38-22/h4-11,14,21H,12-13,15-16H2,1-3H3,(H,32,33,34). The average Bonchev–Trinajstić information content (AvgIpc) is 3.54. The van der Waals surface area contributed by atoms with Gasteiger partial charge in [-0.25, -0.2) is 4.98 Å². The number of fused-ring (bicyclic) bond motifs is 1. The summed E-state index contributed by atoms with van der Waals surface area (Å²) < 4.78 is 53.1. The van der Waals surface area contributed by atoms with Gasteiger partial charge in [0.15, 0.2) is 17.3 Å². The summed E-state index contributed by atoms with van der Waals surface area (Å²) in [5.41, 5.74) is 2.31. The van der Waals surface area contributed by atoms with E-state index in [4.69, 9.17) is 19.2 Å². The van der Waals surface area contributed by atoms with Crippen molar-refractivity contribution < 1.29 is 37.3 Å². The number of aryl methyl sites for hydroxylation is 1. The lowest BCUT2D eigenvalue weighted by atomic mass is 9.94. The molecule has 2 fully saturated rings. The van der Waals surface area contributed by atoms with Gasteiger partial charge in [0, 0.05) is 5.56 Å². The van der Waals surface area contributed by atoms with E-state index in [-0.39, 0.29) is 23.5 Å². The quantitative estimate of drug-likeness (QED) is 0.420. The number of nitrogens with zero attached hydrogens (tertiary/aromatic N) is 1. The number of anilines is 1. The van der Waals surface area contributed by atoms with Gasteiger partial charge in [-0.05, 0) is 87.2 Å². The zero-order valence-electron chi connectivity index (χ0n) is 21.8. The lowest BCUT2D eigenvalue weighted by Gasteiger charge is -2.17. The highest BCUT2D eigenvalue weighted by molar-refractivity contribution is 6.01. The molecular formula is C29H28F2N2O6. The molecule has 1 N–H and O–H groups in total. The first-order chi connectivity index (χ1) is 18.5. The van der Waals surface area contributed by atoms with Gasteiger partial charge >= 0.3 is 6.29 Å². The molecule has 204 valence electrons. The van der Waals surface area contributed by atoms with Gasteiger partial charge in [-0.15, -0.1) is 8.78 Å². The fourth-order valence-electron chi connectivity index (χ4n) is 4.89. The van der Waals surface area contributed by atoms with E-state index < -0.39 is 17.5 Å². The molecule has 0 radical (unpaired) electrons. The molecule has 3 aromatic rings. The molecule has 3 heterocycles. The summed E-state index contributed by atoms with van der Waals surface area (Å²) in [6.07, 6.45) is -2.66. The van der Waals surface area contributed by atoms with Crippen molar-refractivity contribution in [1.82, 2.24) is 4.98 Å². The van der Waals surface area contributed by atoms with Gasteiger partial charge in [0.2, 0.25) is 5.91 Å². The maximum Gasteiger partial charge on any atom is 0.586 e. The third kappa shape index (κ3) is 5.14. The summed E-state index contributed by atoms with van der Waals surface area (Å²) in [5.74, 6) is 0.133.